The van der Waals surface area contributed by atoms with Gasteiger partial charge in [-0.3, -0.25) is 9.59 Å². The number of rotatable bonds is 1. The molecule has 2 fully saturated rings. The zero-order valence-electron chi connectivity index (χ0n) is 11.5. The number of piperazine rings is 1. The lowest BCUT2D eigenvalue weighted by Gasteiger charge is -2.37. The number of amides is 2. The zero-order chi connectivity index (χ0) is 14.3. The lowest BCUT2D eigenvalue weighted by molar-refractivity contribution is -0.130. The molecule has 1 aromatic carbocycles. The number of carbonyl (C=O) groups is 2. The fourth-order valence-electron chi connectivity index (χ4n) is 3.04. The summed E-state index contributed by atoms with van der Waals surface area (Å²) in [6.45, 7) is 3.57. The maximum Gasteiger partial charge on any atom is 0.257 e. The molecule has 0 spiro atoms. The topological polar surface area (TPSA) is 60.9 Å². The first-order valence-electron chi connectivity index (χ1n) is 6.94. The van der Waals surface area contributed by atoms with E-state index < -0.39 is 0 Å². The summed E-state index contributed by atoms with van der Waals surface area (Å²) in [5, 5.41) is 9.91. The van der Waals surface area contributed by atoms with Crippen LogP contribution >= 0.6 is 0 Å². The highest BCUT2D eigenvalue weighted by Gasteiger charge is 2.37. The van der Waals surface area contributed by atoms with Crippen LogP contribution in [-0.2, 0) is 4.79 Å². The van der Waals surface area contributed by atoms with Gasteiger partial charge in [-0.1, -0.05) is 6.07 Å². The first-order chi connectivity index (χ1) is 9.56. The van der Waals surface area contributed by atoms with Crippen LogP contribution in [0.25, 0.3) is 0 Å². The highest BCUT2D eigenvalue weighted by molar-refractivity contribution is 5.97. The summed E-state index contributed by atoms with van der Waals surface area (Å²) in [6.07, 6.45) is 1.41. The molecule has 2 heterocycles. The van der Waals surface area contributed by atoms with Crippen LogP contribution in [0.2, 0.25) is 0 Å². The number of carbonyl (C=O) groups excluding carboxylic acids is 2. The Morgan fingerprint density at radius 3 is 2.90 bits per heavy atom. The minimum atomic E-state index is -0.151. The Balaban J connectivity index is 1.77. The third-order valence-corrected chi connectivity index (χ3v) is 4.17. The van der Waals surface area contributed by atoms with Gasteiger partial charge in [0.2, 0.25) is 5.91 Å². The third kappa shape index (κ3) is 2.13. The molecule has 2 aliphatic heterocycles. The molecule has 2 aliphatic rings. The van der Waals surface area contributed by atoms with Crippen molar-refractivity contribution in [1.29, 1.82) is 0 Å². The van der Waals surface area contributed by atoms with Crippen molar-refractivity contribution in [3.63, 3.8) is 0 Å². The van der Waals surface area contributed by atoms with E-state index in [1.165, 1.54) is 0 Å². The maximum absolute atomic E-state index is 12.5. The van der Waals surface area contributed by atoms with Crippen LogP contribution in [0.15, 0.2) is 18.2 Å². The van der Waals surface area contributed by atoms with Gasteiger partial charge < -0.3 is 14.9 Å². The summed E-state index contributed by atoms with van der Waals surface area (Å²) in [5.41, 5.74) is 1.26. The van der Waals surface area contributed by atoms with Crippen LogP contribution in [0.1, 0.15) is 28.8 Å². The van der Waals surface area contributed by atoms with Gasteiger partial charge >= 0.3 is 0 Å². The van der Waals surface area contributed by atoms with E-state index >= 15 is 0 Å². The summed E-state index contributed by atoms with van der Waals surface area (Å²) in [6, 6.07) is 5.23. The van der Waals surface area contributed by atoms with E-state index in [9.17, 15) is 14.7 Å². The number of aromatic hydroxyl groups is 1. The Kier molecular flexibility index (Phi) is 3.12. The standard InChI is InChI=1S/C15H18N2O3/c1-10-2-4-12(13(18)8-10)15(20)16-6-7-17-11(9-16)3-5-14(17)19/h2,4,8,11,18H,3,5-7,9H2,1H3. The number of fused-ring (bicyclic) bond motifs is 1. The largest absolute Gasteiger partial charge is 0.507 e. The van der Waals surface area contributed by atoms with Crippen molar-refractivity contribution in [2.75, 3.05) is 19.6 Å². The minimum absolute atomic E-state index is 0.0277. The SMILES string of the molecule is Cc1ccc(C(=O)N2CCN3C(=O)CCC3C2)c(O)c1. The molecule has 1 atom stereocenters. The van der Waals surface area contributed by atoms with Gasteiger partial charge in [0, 0.05) is 32.1 Å². The number of hydrogen-bond donors (Lipinski definition) is 1. The molecule has 106 valence electrons. The highest BCUT2D eigenvalue weighted by Crippen LogP contribution is 2.26. The number of benzene rings is 1. The molecule has 0 aliphatic carbocycles. The number of phenols is 1. The smallest absolute Gasteiger partial charge is 0.257 e. The van der Waals surface area contributed by atoms with Gasteiger partial charge in [0.05, 0.1) is 5.56 Å². The van der Waals surface area contributed by atoms with Crippen LogP contribution < -0.4 is 0 Å². The van der Waals surface area contributed by atoms with Gasteiger partial charge in [-0.05, 0) is 31.0 Å². The Morgan fingerprint density at radius 1 is 1.35 bits per heavy atom. The minimum Gasteiger partial charge on any atom is -0.507 e. The van der Waals surface area contributed by atoms with Gasteiger partial charge in [-0.2, -0.15) is 0 Å². The summed E-state index contributed by atoms with van der Waals surface area (Å²) in [7, 11) is 0. The molecule has 20 heavy (non-hydrogen) atoms. The van der Waals surface area contributed by atoms with E-state index in [4.69, 9.17) is 0 Å². The second-order valence-electron chi connectivity index (χ2n) is 5.55. The third-order valence-electron chi connectivity index (χ3n) is 4.17. The molecule has 3 rings (SSSR count). The molecule has 5 nitrogen and oxygen atoms in total. The monoisotopic (exact) mass is 274 g/mol. The molecule has 2 saturated heterocycles. The number of phenolic OH excluding ortho intramolecular Hbond substituents is 1. The van der Waals surface area contributed by atoms with Crippen LogP contribution in [0.3, 0.4) is 0 Å². The van der Waals surface area contributed by atoms with Gasteiger partial charge in [-0.15, -0.1) is 0 Å². The van der Waals surface area contributed by atoms with Crippen molar-refractivity contribution in [2.45, 2.75) is 25.8 Å². The second-order valence-corrected chi connectivity index (χ2v) is 5.55. The van der Waals surface area contributed by atoms with Gasteiger partial charge in [0.25, 0.3) is 5.91 Å². The molecular weight excluding hydrogens is 256 g/mol. The van der Waals surface area contributed by atoms with E-state index in [0.29, 0.717) is 31.6 Å². The molecule has 0 saturated carbocycles. The van der Waals surface area contributed by atoms with Crippen molar-refractivity contribution in [2.24, 2.45) is 0 Å². The Labute approximate surface area is 117 Å². The quantitative estimate of drug-likeness (QED) is 0.835. The average Bonchev–Trinajstić information content (AvgIpc) is 2.79. The summed E-state index contributed by atoms with van der Waals surface area (Å²) in [4.78, 5) is 27.7. The molecule has 0 aromatic heterocycles. The van der Waals surface area contributed by atoms with Crippen LogP contribution in [-0.4, -0.2) is 52.4 Å². The number of aryl methyl sites for hydroxylation is 1. The predicted octanol–water partition coefficient (Wildman–Crippen LogP) is 1.15. The molecular formula is C15H18N2O3. The summed E-state index contributed by atoms with van der Waals surface area (Å²) < 4.78 is 0. The zero-order valence-corrected chi connectivity index (χ0v) is 11.5. The summed E-state index contributed by atoms with van der Waals surface area (Å²) in [5.74, 6) is 0.0710. The molecule has 0 radical (unpaired) electrons. The lowest BCUT2D eigenvalue weighted by atomic mass is 10.1. The number of hydrogen-bond acceptors (Lipinski definition) is 3. The van der Waals surface area contributed by atoms with E-state index in [1.807, 2.05) is 17.9 Å². The highest BCUT2D eigenvalue weighted by atomic mass is 16.3. The van der Waals surface area contributed by atoms with E-state index in [1.54, 1.807) is 17.0 Å². The fourth-order valence-corrected chi connectivity index (χ4v) is 3.04. The lowest BCUT2D eigenvalue weighted by Crippen LogP contribution is -2.53. The average molecular weight is 274 g/mol. The Hall–Kier alpha value is -2.04. The Bertz CT molecular complexity index is 570. The van der Waals surface area contributed by atoms with Crippen molar-refractivity contribution in [1.82, 2.24) is 9.80 Å². The van der Waals surface area contributed by atoms with Gasteiger partial charge in [0.1, 0.15) is 5.75 Å². The van der Waals surface area contributed by atoms with Crippen molar-refractivity contribution in [3.8, 4) is 5.75 Å². The predicted molar refractivity (Wildman–Crippen MR) is 73.5 cm³/mol. The van der Waals surface area contributed by atoms with E-state index in [0.717, 1.165) is 12.0 Å². The van der Waals surface area contributed by atoms with Gasteiger partial charge in [0.15, 0.2) is 0 Å². The van der Waals surface area contributed by atoms with Crippen molar-refractivity contribution in [3.05, 3.63) is 29.3 Å². The van der Waals surface area contributed by atoms with E-state index in [-0.39, 0.29) is 23.6 Å². The molecule has 2 amide bonds. The van der Waals surface area contributed by atoms with Gasteiger partial charge in [-0.25, -0.2) is 0 Å². The van der Waals surface area contributed by atoms with Crippen LogP contribution in [0, 0.1) is 6.92 Å². The van der Waals surface area contributed by atoms with Crippen LogP contribution in [0.4, 0.5) is 0 Å². The fraction of sp³-hybridized carbons (Fsp3) is 0.467. The second kappa shape index (κ2) is 4.81. The van der Waals surface area contributed by atoms with Crippen molar-refractivity contribution < 1.29 is 14.7 Å². The summed E-state index contributed by atoms with van der Waals surface area (Å²) >= 11 is 0. The maximum atomic E-state index is 12.5. The molecule has 1 aromatic rings. The molecule has 0 bridgehead atoms. The Morgan fingerprint density at radius 2 is 2.15 bits per heavy atom. The van der Waals surface area contributed by atoms with Crippen LogP contribution in [0.5, 0.6) is 5.75 Å². The number of nitrogens with zero attached hydrogens (tertiary/aromatic N) is 2. The first-order valence-corrected chi connectivity index (χ1v) is 6.94. The molecule has 1 unspecified atom stereocenters. The molecule has 1 N–H and O–H groups in total. The van der Waals surface area contributed by atoms with E-state index in [2.05, 4.69) is 0 Å². The van der Waals surface area contributed by atoms with Crippen molar-refractivity contribution >= 4 is 11.8 Å². The molecule has 5 heteroatoms. The first kappa shape index (κ1) is 13.0. The normalized spacial score (nSPS) is 22.1.